The molecule has 7 atom stereocenters. The predicted octanol–water partition coefficient (Wildman–Crippen LogP) is 7.55. The molecule has 0 radical (unpaired) electrons. The molecule has 0 aliphatic carbocycles. The second-order valence-corrected chi connectivity index (χ2v) is 14.4. The van der Waals surface area contributed by atoms with Crippen molar-refractivity contribution in [3.63, 3.8) is 0 Å². The highest BCUT2D eigenvalue weighted by Gasteiger charge is 2.44. The number of aliphatic hydroxyl groups is 5. The van der Waals surface area contributed by atoms with Crippen LogP contribution in [0.5, 0.6) is 0 Å². The van der Waals surface area contributed by atoms with Crippen LogP contribution >= 0.6 is 0 Å². The summed E-state index contributed by atoms with van der Waals surface area (Å²) in [6.45, 7) is 3.73. The van der Waals surface area contributed by atoms with Crippen molar-refractivity contribution in [2.24, 2.45) is 0 Å². The molecule has 0 saturated carbocycles. The van der Waals surface area contributed by atoms with E-state index in [0.717, 1.165) is 57.8 Å². The second kappa shape index (κ2) is 32.3. The normalized spacial score (nSPS) is 22.4. The summed E-state index contributed by atoms with van der Waals surface area (Å²) < 4.78 is 11.2. The number of nitrogens with one attached hydrogen (secondary N) is 1. The number of allylic oxidation sites excluding steroid dienone is 3. The minimum atomic E-state index is -1.56. The quantitative estimate of drug-likeness (QED) is 0.0302. The minimum absolute atomic E-state index is 0.188. The minimum Gasteiger partial charge on any atom is -0.394 e. The average molecular weight is 712 g/mol. The highest BCUT2D eigenvalue weighted by Crippen LogP contribution is 2.22. The summed E-state index contributed by atoms with van der Waals surface area (Å²) in [4.78, 5) is 12.9. The van der Waals surface area contributed by atoms with E-state index in [1.54, 1.807) is 6.08 Å². The van der Waals surface area contributed by atoms with Gasteiger partial charge in [-0.25, -0.2) is 0 Å². The van der Waals surface area contributed by atoms with Gasteiger partial charge in [0.15, 0.2) is 6.29 Å². The number of unbranched alkanes of at least 4 members (excludes halogenated alkanes) is 21. The van der Waals surface area contributed by atoms with Crippen molar-refractivity contribution in [2.75, 3.05) is 13.2 Å². The standard InChI is InChI=1S/C41H77NO8/c1-3-5-7-9-11-13-15-17-18-19-21-23-25-27-29-31-37(45)42-34(33-49-41-40(48)39(47)38(46)36(32-43)50-41)35(44)30-28-26-24-22-20-16-14-12-10-8-6-4-2/h17-18,28,30,34-36,38-41,43-44,46-48H,3-16,19-27,29,31-33H2,1-2H3,(H,42,45)/b18-17-,30-28+. The van der Waals surface area contributed by atoms with Crippen molar-refractivity contribution in [2.45, 2.75) is 217 Å². The molecule has 0 aromatic carbocycles. The summed E-state index contributed by atoms with van der Waals surface area (Å²) in [5, 5.41) is 53.9. The molecule has 1 rings (SSSR count). The molecule has 294 valence electrons. The van der Waals surface area contributed by atoms with Gasteiger partial charge in [-0.2, -0.15) is 0 Å². The Morgan fingerprint density at radius 1 is 0.660 bits per heavy atom. The zero-order chi connectivity index (χ0) is 36.7. The van der Waals surface area contributed by atoms with Crippen LogP contribution in [0.2, 0.25) is 0 Å². The van der Waals surface area contributed by atoms with Gasteiger partial charge < -0.3 is 40.3 Å². The first-order valence-corrected chi connectivity index (χ1v) is 20.6. The van der Waals surface area contributed by atoms with E-state index < -0.39 is 49.5 Å². The van der Waals surface area contributed by atoms with Gasteiger partial charge in [0.2, 0.25) is 5.91 Å². The van der Waals surface area contributed by atoms with Crippen LogP contribution in [0.3, 0.4) is 0 Å². The van der Waals surface area contributed by atoms with Crippen LogP contribution in [0.4, 0.5) is 0 Å². The van der Waals surface area contributed by atoms with Gasteiger partial charge in [-0.05, 0) is 44.9 Å². The van der Waals surface area contributed by atoms with Gasteiger partial charge in [0.1, 0.15) is 24.4 Å². The molecule has 1 aliphatic rings. The molecule has 9 heteroatoms. The van der Waals surface area contributed by atoms with Crippen LogP contribution in [-0.4, -0.2) is 87.5 Å². The molecule has 0 aromatic heterocycles. The molecule has 0 bridgehead atoms. The lowest BCUT2D eigenvalue weighted by Crippen LogP contribution is -2.60. The molecule has 9 nitrogen and oxygen atoms in total. The molecular weight excluding hydrogens is 634 g/mol. The first-order valence-electron chi connectivity index (χ1n) is 20.6. The first-order chi connectivity index (χ1) is 24.3. The molecule has 6 N–H and O–H groups in total. The fraction of sp³-hybridized carbons (Fsp3) is 0.878. The molecule has 50 heavy (non-hydrogen) atoms. The van der Waals surface area contributed by atoms with Crippen molar-refractivity contribution in [3.8, 4) is 0 Å². The topological polar surface area (TPSA) is 149 Å². The van der Waals surface area contributed by atoms with Crippen molar-refractivity contribution in [1.82, 2.24) is 5.32 Å². The maximum absolute atomic E-state index is 12.9. The van der Waals surface area contributed by atoms with E-state index in [4.69, 9.17) is 9.47 Å². The molecule has 0 spiro atoms. The molecule has 7 unspecified atom stereocenters. The second-order valence-electron chi connectivity index (χ2n) is 14.4. The summed E-state index contributed by atoms with van der Waals surface area (Å²) in [5.74, 6) is -0.188. The van der Waals surface area contributed by atoms with E-state index >= 15 is 0 Å². The van der Waals surface area contributed by atoms with Crippen molar-refractivity contribution in [3.05, 3.63) is 24.3 Å². The number of carbonyl (C=O) groups is 1. The predicted molar refractivity (Wildman–Crippen MR) is 203 cm³/mol. The van der Waals surface area contributed by atoms with Crippen molar-refractivity contribution >= 4 is 5.91 Å². The Kier molecular flexibility index (Phi) is 30.2. The summed E-state index contributed by atoms with van der Waals surface area (Å²) >= 11 is 0. The number of hydrogen-bond acceptors (Lipinski definition) is 8. The summed E-state index contributed by atoms with van der Waals surface area (Å²) in [7, 11) is 0. The Morgan fingerprint density at radius 2 is 1.12 bits per heavy atom. The van der Waals surface area contributed by atoms with E-state index in [2.05, 4.69) is 31.3 Å². The van der Waals surface area contributed by atoms with Crippen LogP contribution in [-0.2, 0) is 14.3 Å². The third-order valence-corrected chi connectivity index (χ3v) is 9.77. The fourth-order valence-corrected chi connectivity index (χ4v) is 6.38. The molecule has 1 amide bonds. The molecule has 1 saturated heterocycles. The Hall–Kier alpha value is -1.33. The van der Waals surface area contributed by atoms with Crippen LogP contribution in [0, 0.1) is 0 Å². The van der Waals surface area contributed by atoms with Crippen LogP contribution < -0.4 is 5.32 Å². The van der Waals surface area contributed by atoms with E-state index in [1.165, 1.54) is 96.3 Å². The zero-order valence-electron chi connectivity index (χ0n) is 31.9. The van der Waals surface area contributed by atoms with E-state index in [-0.39, 0.29) is 12.5 Å². The third-order valence-electron chi connectivity index (χ3n) is 9.77. The molecule has 1 aliphatic heterocycles. The van der Waals surface area contributed by atoms with Gasteiger partial charge in [-0.15, -0.1) is 0 Å². The summed E-state index contributed by atoms with van der Waals surface area (Å²) in [6.07, 6.45) is 29.3. The van der Waals surface area contributed by atoms with Gasteiger partial charge in [0, 0.05) is 6.42 Å². The largest absolute Gasteiger partial charge is 0.394 e. The number of hydrogen-bond donors (Lipinski definition) is 6. The lowest BCUT2D eigenvalue weighted by Gasteiger charge is -2.40. The van der Waals surface area contributed by atoms with Crippen LogP contribution in [0.1, 0.15) is 174 Å². The Morgan fingerprint density at radius 3 is 1.62 bits per heavy atom. The zero-order valence-corrected chi connectivity index (χ0v) is 31.9. The Bertz CT molecular complexity index is 837. The maximum atomic E-state index is 12.9. The van der Waals surface area contributed by atoms with Gasteiger partial charge in [-0.1, -0.05) is 147 Å². The highest BCUT2D eigenvalue weighted by molar-refractivity contribution is 5.76. The van der Waals surface area contributed by atoms with Gasteiger partial charge in [-0.3, -0.25) is 4.79 Å². The number of rotatable bonds is 33. The Balaban J connectivity index is 2.43. The lowest BCUT2D eigenvalue weighted by atomic mass is 9.99. The smallest absolute Gasteiger partial charge is 0.220 e. The van der Waals surface area contributed by atoms with Crippen molar-refractivity contribution < 1.29 is 39.8 Å². The molecular formula is C41H77NO8. The number of amides is 1. The summed E-state index contributed by atoms with van der Waals surface area (Å²) in [6, 6.07) is -0.804. The Labute approximate surface area is 305 Å². The van der Waals surface area contributed by atoms with Gasteiger partial charge in [0.25, 0.3) is 0 Å². The van der Waals surface area contributed by atoms with Gasteiger partial charge in [0.05, 0.1) is 25.4 Å². The molecule has 1 heterocycles. The number of carbonyl (C=O) groups excluding carboxylic acids is 1. The van der Waals surface area contributed by atoms with Crippen molar-refractivity contribution in [1.29, 1.82) is 0 Å². The van der Waals surface area contributed by atoms with Gasteiger partial charge >= 0.3 is 0 Å². The molecule has 0 aromatic rings. The van der Waals surface area contributed by atoms with E-state index in [0.29, 0.717) is 6.42 Å². The number of ether oxygens (including phenoxy) is 2. The SMILES string of the molecule is CCCCCCCC/C=C\CCCCCCCC(=O)NC(COC1OC(CO)C(O)C(O)C1O)C(O)/C=C/CCCCCCCCCCCC. The van der Waals surface area contributed by atoms with Crippen LogP contribution in [0.15, 0.2) is 24.3 Å². The maximum Gasteiger partial charge on any atom is 0.220 e. The summed E-state index contributed by atoms with van der Waals surface area (Å²) in [5.41, 5.74) is 0. The third kappa shape index (κ3) is 23.3. The first kappa shape index (κ1) is 46.7. The van der Waals surface area contributed by atoms with Crippen LogP contribution in [0.25, 0.3) is 0 Å². The number of aliphatic hydroxyl groups excluding tert-OH is 5. The van der Waals surface area contributed by atoms with E-state index in [1.807, 2.05) is 6.08 Å². The lowest BCUT2D eigenvalue weighted by molar-refractivity contribution is -0.302. The molecule has 1 fully saturated rings. The monoisotopic (exact) mass is 712 g/mol. The average Bonchev–Trinajstić information content (AvgIpc) is 3.11. The highest BCUT2D eigenvalue weighted by atomic mass is 16.7. The fourth-order valence-electron chi connectivity index (χ4n) is 6.38. The van der Waals surface area contributed by atoms with E-state index in [9.17, 15) is 30.3 Å².